The lowest BCUT2D eigenvalue weighted by Gasteiger charge is -2.31. The number of pyridine rings is 1. The van der Waals surface area contributed by atoms with Gasteiger partial charge in [-0.1, -0.05) is 18.2 Å². The van der Waals surface area contributed by atoms with Gasteiger partial charge in [0.15, 0.2) is 0 Å². The molecule has 1 saturated heterocycles. The number of likely N-dealkylation sites (tertiary alicyclic amines) is 1. The van der Waals surface area contributed by atoms with Crippen LogP contribution in [0.4, 0.5) is 5.69 Å². The molecule has 0 saturated carbocycles. The minimum Gasteiger partial charge on any atom is -0.481 e. The van der Waals surface area contributed by atoms with Gasteiger partial charge in [0.25, 0.3) is 5.91 Å². The Kier molecular flexibility index (Phi) is 5.28. The normalized spacial score (nSPS) is 14.8. The topological polar surface area (TPSA) is 71.5 Å². The van der Waals surface area contributed by atoms with E-state index in [9.17, 15) is 9.59 Å². The molecule has 0 atom stereocenters. The van der Waals surface area contributed by atoms with Gasteiger partial charge < -0.3 is 15.0 Å². The summed E-state index contributed by atoms with van der Waals surface area (Å²) < 4.78 is 5.00. The molecule has 2 heterocycles. The van der Waals surface area contributed by atoms with Crippen molar-refractivity contribution >= 4 is 17.5 Å². The summed E-state index contributed by atoms with van der Waals surface area (Å²) in [5.74, 6) is 0.408. The van der Waals surface area contributed by atoms with Gasteiger partial charge >= 0.3 is 0 Å². The summed E-state index contributed by atoms with van der Waals surface area (Å²) in [6.07, 6.45) is 2.90. The molecule has 0 radical (unpaired) electrons. The summed E-state index contributed by atoms with van der Waals surface area (Å²) in [6.45, 7) is 1.18. The number of ether oxygens (including phenoxy) is 1. The number of piperidine rings is 1. The third-order valence-electron chi connectivity index (χ3n) is 4.39. The number of benzene rings is 1. The number of carbonyl (C=O) groups is 2. The van der Waals surface area contributed by atoms with Gasteiger partial charge in [-0.2, -0.15) is 0 Å². The molecule has 2 aromatic rings. The molecule has 6 nitrogen and oxygen atoms in total. The zero-order valence-electron chi connectivity index (χ0n) is 14.1. The van der Waals surface area contributed by atoms with Crippen molar-refractivity contribution in [3.05, 3.63) is 54.2 Å². The summed E-state index contributed by atoms with van der Waals surface area (Å²) in [5, 5.41) is 2.88. The molecule has 1 aliphatic rings. The van der Waals surface area contributed by atoms with Crippen LogP contribution in [0.15, 0.2) is 48.7 Å². The Morgan fingerprint density at radius 2 is 1.84 bits per heavy atom. The smallest absolute Gasteiger partial charge is 0.253 e. The number of hydrogen-bond acceptors (Lipinski definition) is 4. The van der Waals surface area contributed by atoms with E-state index in [1.165, 1.54) is 0 Å². The number of nitrogens with zero attached hydrogens (tertiary/aromatic N) is 2. The third kappa shape index (κ3) is 4.15. The van der Waals surface area contributed by atoms with E-state index in [2.05, 4.69) is 10.3 Å². The van der Waals surface area contributed by atoms with E-state index in [-0.39, 0.29) is 17.7 Å². The molecule has 1 fully saturated rings. The number of nitrogens with one attached hydrogen (secondary N) is 1. The summed E-state index contributed by atoms with van der Waals surface area (Å²) in [5.41, 5.74) is 1.34. The van der Waals surface area contributed by atoms with Crippen molar-refractivity contribution in [2.75, 3.05) is 25.5 Å². The molecule has 0 aliphatic carbocycles. The van der Waals surface area contributed by atoms with Crippen molar-refractivity contribution in [1.29, 1.82) is 0 Å². The van der Waals surface area contributed by atoms with Crippen molar-refractivity contribution in [2.45, 2.75) is 12.8 Å². The molecule has 1 aromatic carbocycles. The Morgan fingerprint density at radius 1 is 1.12 bits per heavy atom. The van der Waals surface area contributed by atoms with E-state index in [0.717, 1.165) is 0 Å². The van der Waals surface area contributed by atoms with Crippen LogP contribution in [0.1, 0.15) is 23.2 Å². The summed E-state index contributed by atoms with van der Waals surface area (Å²) in [6, 6.07) is 12.7. The second-order valence-electron chi connectivity index (χ2n) is 6.01. The molecule has 3 rings (SSSR count). The third-order valence-corrected chi connectivity index (χ3v) is 4.39. The zero-order chi connectivity index (χ0) is 17.6. The van der Waals surface area contributed by atoms with Gasteiger partial charge in [0.05, 0.1) is 19.0 Å². The predicted octanol–water partition coefficient (Wildman–Crippen LogP) is 2.58. The van der Waals surface area contributed by atoms with Gasteiger partial charge in [-0.25, -0.2) is 4.98 Å². The van der Waals surface area contributed by atoms with E-state index in [0.29, 0.717) is 43.1 Å². The number of rotatable bonds is 4. The molecule has 25 heavy (non-hydrogen) atoms. The van der Waals surface area contributed by atoms with E-state index in [1.54, 1.807) is 25.4 Å². The first-order chi connectivity index (χ1) is 12.2. The number of carbonyl (C=O) groups excluding carboxylic acids is 2. The van der Waals surface area contributed by atoms with Gasteiger partial charge in [-0.05, 0) is 31.0 Å². The van der Waals surface area contributed by atoms with Crippen molar-refractivity contribution in [3.8, 4) is 5.88 Å². The maximum Gasteiger partial charge on any atom is 0.253 e. The fourth-order valence-corrected chi connectivity index (χ4v) is 2.93. The Bertz CT molecular complexity index is 723. The molecule has 2 amide bonds. The lowest BCUT2D eigenvalue weighted by Crippen LogP contribution is -2.41. The van der Waals surface area contributed by atoms with Crippen LogP contribution in [-0.2, 0) is 4.79 Å². The van der Waals surface area contributed by atoms with Gasteiger partial charge in [0.1, 0.15) is 0 Å². The highest BCUT2D eigenvalue weighted by Crippen LogP contribution is 2.21. The Balaban J connectivity index is 1.53. The van der Waals surface area contributed by atoms with Crippen molar-refractivity contribution in [2.24, 2.45) is 5.92 Å². The Labute approximate surface area is 146 Å². The van der Waals surface area contributed by atoms with Gasteiger partial charge in [-0.3, -0.25) is 9.59 Å². The van der Waals surface area contributed by atoms with Gasteiger partial charge in [0.2, 0.25) is 11.8 Å². The van der Waals surface area contributed by atoms with Crippen molar-refractivity contribution in [1.82, 2.24) is 9.88 Å². The number of aromatic nitrogens is 1. The lowest BCUT2D eigenvalue weighted by molar-refractivity contribution is -0.121. The van der Waals surface area contributed by atoms with E-state index < -0.39 is 0 Å². The molecule has 0 bridgehead atoms. The molecular formula is C19H21N3O3. The van der Waals surface area contributed by atoms with Crippen LogP contribution >= 0.6 is 0 Å². The second kappa shape index (κ2) is 7.79. The van der Waals surface area contributed by atoms with E-state index in [4.69, 9.17) is 4.74 Å². The van der Waals surface area contributed by atoms with E-state index in [1.807, 2.05) is 35.2 Å². The fourth-order valence-electron chi connectivity index (χ4n) is 2.93. The first kappa shape index (κ1) is 17.0. The quantitative estimate of drug-likeness (QED) is 0.929. The highest BCUT2D eigenvalue weighted by molar-refractivity contribution is 5.95. The van der Waals surface area contributed by atoms with Crippen LogP contribution < -0.4 is 10.1 Å². The van der Waals surface area contributed by atoms with Crippen LogP contribution in [0.25, 0.3) is 0 Å². The maximum absolute atomic E-state index is 12.4. The van der Waals surface area contributed by atoms with Crippen LogP contribution in [0.5, 0.6) is 5.88 Å². The zero-order valence-corrected chi connectivity index (χ0v) is 14.1. The van der Waals surface area contributed by atoms with Crippen LogP contribution in [-0.4, -0.2) is 41.9 Å². The highest BCUT2D eigenvalue weighted by atomic mass is 16.5. The molecule has 0 unspecified atom stereocenters. The molecule has 6 heteroatoms. The summed E-state index contributed by atoms with van der Waals surface area (Å²) in [4.78, 5) is 30.7. The van der Waals surface area contributed by atoms with Crippen molar-refractivity contribution in [3.63, 3.8) is 0 Å². The standard InChI is InChI=1S/C19H21N3O3/c1-25-17-8-7-16(13-20-17)21-18(23)14-9-11-22(12-10-14)19(24)15-5-3-2-4-6-15/h2-8,13-14H,9-12H2,1H3,(H,21,23). The maximum atomic E-state index is 12.4. The summed E-state index contributed by atoms with van der Waals surface area (Å²) in [7, 11) is 1.55. The first-order valence-electron chi connectivity index (χ1n) is 8.32. The molecule has 1 aliphatic heterocycles. The number of anilines is 1. The number of hydrogen-bond donors (Lipinski definition) is 1. The van der Waals surface area contributed by atoms with E-state index >= 15 is 0 Å². The monoisotopic (exact) mass is 339 g/mol. The molecule has 1 aromatic heterocycles. The first-order valence-corrected chi connectivity index (χ1v) is 8.32. The Hall–Kier alpha value is -2.89. The lowest BCUT2D eigenvalue weighted by atomic mass is 9.95. The van der Waals surface area contributed by atoms with Gasteiger partial charge in [0, 0.05) is 30.6 Å². The summed E-state index contributed by atoms with van der Waals surface area (Å²) >= 11 is 0. The van der Waals surface area contributed by atoms with Crippen molar-refractivity contribution < 1.29 is 14.3 Å². The Morgan fingerprint density at radius 3 is 2.44 bits per heavy atom. The predicted molar refractivity (Wildman–Crippen MR) is 94.5 cm³/mol. The minimum atomic E-state index is -0.0954. The molecule has 130 valence electrons. The van der Waals surface area contributed by atoms with Gasteiger partial charge in [-0.15, -0.1) is 0 Å². The minimum absolute atomic E-state index is 0.0267. The average Bonchev–Trinajstić information content (AvgIpc) is 2.69. The van der Waals surface area contributed by atoms with Crippen LogP contribution in [0, 0.1) is 5.92 Å². The average molecular weight is 339 g/mol. The van der Waals surface area contributed by atoms with Crippen LogP contribution in [0.3, 0.4) is 0 Å². The molecule has 0 spiro atoms. The largest absolute Gasteiger partial charge is 0.481 e. The van der Waals surface area contributed by atoms with Crippen LogP contribution in [0.2, 0.25) is 0 Å². The molecule has 1 N–H and O–H groups in total. The molecular weight excluding hydrogens is 318 g/mol. The second-order valence-corrected chi connectivity index (χ2v) is 6.01. The fraction of sp³-hybridized carbons (Fsp3) is 0.316. The SMILES string of the molecule is COc1ccc(NC(=O)C2CCN(C(=O)c3ccccc3)CC2)cn1. The number of amides is 2. The highest BCUT2D eigenvalue weighted by Gasteiger charge is 2.27. The number of methoxy groups -OCH3 is 1.